The molecule has 2 aromatic rings. The van der Waals surface area contributed by atoms with Crippen LogP contribution in [0.15, 0.2) is 40.0 Å². The number of carboxylic acids is 1. The summed E-state index contributed by atoms with van der Waals surface area (Å²) in [4.78, 5) is 41.8. The number of hydrogen-bond donors (Lipinski definition) is 1. The number of thioether (sulfide) groups is 1. The molecule has 240 valence electrons. The Hall–Kier alpha value is -3.42. The van der Waals surface area contributed by atoms with Crippen LogP contribution in [0.1, 0.15) is 92.9 Å². The minimum atomic E-state index is -0.729. The predicted molar refractivity (Wildman–Crippen MR) is 185 cm³/mol. The number of carboxylic acid groups (broad SMARTS) is 1. The van der Waals surface area contributed by atoms with Gasteiger partial charge in [0.15, 0.2) is 0 Å². The highest BCUT2D eigenvalue weighted by Crippen LogP contribution is 2.37. The Labute approximate surface area is 276 Å². The Bertz CT molecular complexity index is 1500. The van der Waals surface area contributed by atoms with Crippen molar-refractivity contribution in [2.75, 3.05) is 24.5 Å². The van der Waals surface area contributed by atoms with Crippen molar-refractivity contribution in [2.45, 2.75) is 84.0 Å². The Morgan fingerprint density at radius 3 is 2.29 bits per heavy atom. The molecule has 8 nitrogen and oxygen atoms in total. The van der Waals surface area contributed by atoms with Gasteiger partial charge in [0.25, 0.3) is 11.5 Å². The second-order valence-electron chi connectivity index (χ2n) is 12.1. The van der Waals surface area contributed by atoms with Crippen LogP contribution < -0.4 is 10.5 Å². The first kappa shape index (κ1) is 34.5. The number of carbonyl (C=O) groups excluding carboxylic acids is 1. The molecule has 2 saturated heterocycles. The lowest BCUT2D eigenvalue weighted by Crippen LogP contribution is -2.39. The van der Waals surface area contributed by atoms with Gasteiger partial charge in [0.05, 0.1) is 4.91 Å². The Morgan fingerprint density at radius 2 is 1.67 bits per heavy atom. The van der Waals surface area contributed by atoms with E-state index in [1.807, 2.05) is 12.1 Å². The number of anilines is 1. The molecule has 0 spiro atoms. The minimum absolute atomic E-state index is 0.101. The van der Waals surface area contributed by atoms with Gasteiger partial charge in [-0.1, -0.05) is 92.8 Å². The number of pyridine rings is 1. The summed E-state index contributed by atoms with van der Waals surface area (Å²) in [6, 6.07) is 12.6. The van der Waals surface area contributed by atoms with Crippen molar-refractivity contribution in [3.63, 3.8) is 0 Å². The first-order valence-electron chi connectivity index (χ1n) is 16.1. The molecule has 2 aliphatic heterocycles. The number of aliphatic carboxylic acids is 1. The molecule has 1 aromatic carbocycles. The van der Waals surface area contributed by atoms with E-state index in [0.717, 1.165) is 95.1 Å². The number of nitrogens with zero attached hydrogens (tertiary/aromatic N) is 4. The average molecular weight is 649 g/mol. The van der Waals surface area contributed by atoms with Gasteiger partial charge < -0.3 is 10.0 Å². The number of benzene rings is 1. The van der Waals surface area contributed by atoms with Gasteiger partial charge in [-0.15, -0.1) is 0 Å². The van der Waals surface area contributed by atoms with Crippen LogP contribution in [0.3, 0.4) is 0 Å². The van der Waals surface area contributed by atoms with Crippen molar-refractivity contribution in [1.82, 2.24) is 9.47 Å². The summed E-state index contributed by atoms with van der Waals surface area (Å²) in [6.07, 6.45) is 13.0. The number of hydrogen-bond acceptors (Lipinski definition) is 7. The lowest BCUT2D eigenvalue weighted by molar-refractivity contribution is -0.137. The number of amides is 1. The third-order valence-electron chi connectivity index (χ3n) is 8.92. The second kappa shape index (κ2) is 16.8. The second-order valence-corrected chi connectivity index (χ2v) is 13.8. The summed E-state index contributed by atoms with van der Waals surface area (Å²) in [7, 11) is 1.71. The van der Waals surface area contributed by atoms with E-state index in [4.69, 9.17) is 17.3 Å². The number of piperidine rings is 1. The van der Waals surface area contributed by atoms with Gasteiger partial charge in [-0.2, -0.15) is 5.26 Å². The van der Waals surface area contributed by atoms with Crippen LogP contribution in [0, 0.1) is 24.2 Å². The number of carbonyl (C=O) groups is 2. The van der Waals surface area contributed by atoms with E-state index in [1.165, 1.54) is 17.3 Å². The van der Waals surface area contributed by atoms with Crippen LogP contribution in [-0.4, -0.2) is 50.4 Å². The van der Waals surface area contributed by atoms with Gasteiger partial charge >= 0.3 is 5.97 Å². The van der Waals surface area contributed by atoms with E-state index < -0.39 is 5.97 Å². The zero-order valence-electron chi connectivity index (χ0n) is 26.4. The summed E-state index contributed by atoms with van der Waals surface area (Å²) in [5.41, 5.74) is 2.45. The topological polar surface area (TPSA) is 107 Å². The van der Waals surface area contributed by atoms with Gasteiger partial charge in [-0.25, -0.2) is 0 Å². The summed E-state index contributed by atoms with van der Waals surface area (Å²) >= 11 is 6.89. The first-order chi connectivity index (χ1) is 21.7. The van der Waals surface area contributed by atoms with Crippen molar-refractivity contribution in [2.24, 2.45) is 13.0 Å². The van der Waals surface area contributed by atoms with Gasteiger partial charge in [0, 0.05) is 38.7 Å². The quantitative estimate of drug-likeness (QED) is 0.127. The number of aromatic nitrogens is 1. The Balaban J connectivity index is 1.40. The lowest BCUT2D eigenvalue weighted by Gasteiger charge is -2.36. The van der Waals surface area contributed by atoms with E-state index >= 15 is 0 Å². The highest BCUT2D eigenvalue weighted by Gasteiger charge is 2.33. The monoisotopic (exact) mass is 648 g/mol. The van der Waals surface area contributed by atoms with Crippen LogP contribution in [0.4, 0.5) is 5.82 Å². The molecule has 2 fully saturated rings. The van der Waals surface area contributed by atoms with Crippen molar-refractivity contribution in [1.29, 1.82) is 5.26 Å². The molecule has 0 bridgehead atoms. The van der Waals surface area contributed by atoms with Crippen LogP contribution in [-0.2, 0) is 23.1 Å². The maximum atomic E-state index is 13.5. The summed E-state index contributed by atoms with van der Waals surface area (Å²) in [5, 5.41) is 18.6. The molecule has 0 aliphatic carbocycles. The third-order valence-corrected chi connectivity index (χ3v) is 10.3. The molecule has 1 aromatic heterocycles. The molecule has 0 saturated carbocycles. The lowest BCUT2D eigenvalue weighted by atomic mass is 9.90. The molecule has 3 heterocycles. The van der Waals surface area contributed by atoms with Crippen molar-refractivity contribution in [3.8, 4) is 6.07 Å². The number of unbranched alkanes of at least 4 members (excludes halogenated alkanes) is 7. The third kappa shape index (κ3) is 9.08. The molecular weight excluding hydrogens is 605 g/mol. The highest BCUT2D eigenvalue weighted by atomic mass is 32.2. The molecular formula is C35H44N4O4S2. The van der Waals surface area contributed by atoms with Crippen molar-refractivity contribution in [3.05, 3.63) is 67.8 Å². The largest absolute Gasteiger partial charge is 0.481 e. The number of rotatable bonds is 15. The molecule has 45 heavy (non-hydrogen) atoms. The molecule has 0 atom stereocenters. The van der Waals surface area contributed by atoms with Gasteiger partial charge in [-0.3, -0.25) is 23.9 Å². The van der Waals surface area contributed by atoms with E-state index in [9.17, 15) is 19.6 Å². The Morgan fingerprint density at radius 1 is 1.04 bits per heavy atom. The van der Waals surface area contributed by atoms with Gasteiger partial charge in [0.1, 0.15) is 21.8 Å². The molecule has 1 amide bonds. The van der Waals surface area contributed by atoms with E-state index in [2.05, 4.69) is 35.2 Å². The van der Waals surface area contributed by atoms with Gasteiger partial charge in [-0.05, 0) is 62.1 Å². The smallest absolute Gasteiger partial charge is 0.303 e. The van der Waals surface area contributed by atoms with Crippen molar-refractivity contribution >= 4 is 52.1 Å². The summed E-state index contributed by atoms with van der Waals surface area (Å²) < 4.78 is 2.11. The molecule has 0 radical (unpaired) electrons. The zero-order chi connectivity index (χ0) is 32.3. The number of thiocarbonyl (C=S) groups is 1. The molecule has 0 unspecified atom stereocenters. The van der Waals surface area contributed by atoms with Gasteiger partial charge in [0.2, 0.25) is 0 Å². The van der Waals surface area contributed by atoms with E-state index in [1.54, 1.807) is 23.4 Å². The molecule has 2 aliphatic rings. The Kier molecular flexibility index (Phi) is 12.8. The summed E-state index contributed by atoms with van der Waals surface area (Å²) in [6.45, 7) is 3.95. The maximum absolute atomic E-state index is 13.5. The van der Waals surface area contributed by atoms with Crippen LogP contribution in [0.25, 0.3) is 6.08 Å². The fraction of sp³-hybridized carbons (Fsp3) is 0.514. The fourth-order valence-electron chi connectivity index (χ4n) is 6.32. The normalized spacial score (nSPS) is 16.5. The fourth-order valence-corrected chi connectivity index (χ4v) is 7.61. The predicted octanol–water partition coefficient (Wildman–Crippen LogP) is 6.82. The van der Waals surface area contributed by atoms with Crippen molar-refractivity contribution < 1.29 is 14.7 Å². The first-order valence-corrected chi connectivity index (χ1v) is 17.3. The summed E-state index contributed by atoms with van der Waals surface area (Å²) in [5.74, 6) is 0.460. The standard InChI is InChI=1S/C35H44N4O4S2/c1-25-28(23-30-34(43)39(35(44)45-30)19-13-8-6-4-3-5-7-12-16-31(40)41)32(37(2)33(42)29(25)24-36)38-20-17-27(18-21-38)22-26-14-10-9-11-15-26/h9-11,14-15,23,27H,3-8,12-13,16-22H2,1-2H3,(H,40,41)/b30-23+. The zero-order valence-corrected chi connectivity index (χ0v) is 28.1. The van der Waals surface area contributed by atoms with Crippen LogP contribution >= 0.6 is 24.0 Å². The van der Waals surface area contributed by atoms with Crippen LogP contribution in [0.5, 0.6) is 0 Å². The molecule has 10 heteroatoms. The SMILES string of the molecule is Cc1c(/C=C2/SC(=S)N(CCCCCCCCCCC(=O)O)C2=O)c(N2CCC(Cc3ccccc3)CC2)n(C)c(=O)c1C#N. The highest BCUT2D eigenvalue weighted by molar-refractivity contribution is 8.26. The molecule has 4 rings (SSSR count). The van der Waals surface area contributed by atoms with E-state index in [-0.39, 0.29) is 23.5 Å². The maximum Gasteiger partial charge on any atom is 0.303 e. The van der Waals surface area contributed by atoms with Crippen LogP contribution in [0.2, 0.25) is 0 Å². The van der Waals surface area contributed by atoms with E-state index in [0.29, 0.717) is 27.3 Å². The number of nitriles is 1. The minimum Gasteiger partial charge on any atom is -0.481 e. The average Bonchev–Trinajstić information content (AvgIpc) is 3.29. The molecule has 1 N–H and O–H groups in total.